The van der Waals surface area contributed by atoms with Gasteiger partial charge >= 0.3 is 0 Å². The Morgan fingerprint density at radius 3 is 2.61 bits per heavy atom. The molecule has 0 aliphatic carbocycles. The molecule has 3 heteroatoms. The van der Waals surface area contributed by atoms with Crippen molar-refractivity contribution in [1.29, 1.82) is 0 Å². The van der Waals surface area contributed by atoms with Gasteiger partial charge in [0.15, 0.2) is 0 Å². The SMILES string of the molecule is O=C(CCc1ccccn1)Cc1ccccc1Cl. The van der Waals surface area contributed by atoms with Gasteiger partial charge in [-0.05, 0) is 30.2 Å². The average Bonchev–Trinajstić information content (AvgIpc) is 2.40. The molecule has 0 saturated heterocycles. The molecule has 1 aromatic heterocycles. The topological polar surface area (TPSA) is 30.0 Å². The van der Waals surface area contributed by atoms with Gasteiger partial charge in [-0.15, -0.1) is 0 Å². The first kappa shape index (κ1) is 12.8. The first-order valence-electron chi connectivity index (χ1n) is 5.91. The van der Waals surface area contributed by atoms with Gasteiger partial charge in [0.25, 0.3) is 0 Å². The largest absolute Gasteiger partial charge is 0.299 e. The molecule has 0 unspecified atom stereocenters. The third kappa shape index (κ3) is 3.67. The second-order valence-electron chi connectivity index (χ2n) is 4.13. The number of rotatable bonds is 5. The summed E-state index contributed by atoms with van der Waals surface area (Å²) in [7, 11) is 0. The number of pyridine rings is 1. The molecule has 18 heavy (non-hydrogen) atoms. The quantitative estimate of drug-likeness (QED) is 0.823. The Hall–Kier alpha value is -1.67. The van der Waals surface area contributed by atoms with Crippen molar-refractivity contribution in [2.24, 2.45) is 0 Å². The molecule has 1 heterocycles. The maximum absolute atomic E-state index is 11.9. The van der Waals surface area contributed by atoms with Crippen molar-refractivity contribution >= 4 is 17.4 Å². The summed E-state index contributed by atoms with van der Waals surface area (Å²) in [6.07, 6.45) is 3.33. The van der Waals surface area contributed by atoms with E-state index in [1.165, 1.54) is 0 Å². The highest BCUT2D eigenvalue weighted by molar-refractivity contribution is 6.31. The Morgan fingerprint density at radius 2 is 1.89 bits per heavy atom. The molecule has 0 aliphatic heterocycles. The zero-order chi connectivity index (χ0) is 12.8. The van der Waals surface area contributed by atoms with Crippen molar-refractivity contribution in [2.45, 2.75) is 19.3 Å². The Morgan fingerprint density at radius 1 is 1.11 bits per heavy atom. The van der Waals surface area contributed by atoms with E-state index in [4.69, 9.17) is 11.6 Å². The maximum Gasteiger partial charge on any atom is 0.137 e. The van der Waals surface area contributed by atoms with Gasteiger partial charge in [-0.25, -0.2) is 0 Å². The number of carbonyl (C=O) groups excluding carboxylic acids is 1. The number of benzene rings is 1. The molecule has 0 atom stereocenters. The van der Waals surface area contributed by atoms with Gasteiger partial charge in [0.2, 0.25) is 0 Å². The van der Waals surface area contributed by atoms with Crippen LogP contribution in [0.25, 0.3) is 0 Å². The monoisotopic (exact) mass is 259 g/mol. The molecule has 92 valence electrons. The fraction of sp³-hybridized carbons (Fsp3) is 0.200. The van der Waals surface area contributed by atoms with Gasteiger partial charge < -0.3 is 0 Å². The van der Waals surface area contributed by atoms with Crippen LogP contribution in [0.15, 0.2) is 48.7 Å². The lowest BCUT2D eigenvalue weighted by atomic mass is 10.0. The van der Waals surface area contributed by atoms with Gasteiger partial charge in [0.05, 0.1) is 0 Å². The predicted molar refractivity (Wildman–Crippen MR) is 72.7 cm³/mol. The Labute approximate surface area is 112 Å². The summed E-state index contributed by atoms with van der Waals surface area (Å²) in [4.78, 5) is 16.0. The Bertz CT molecular complexity index is 525. The summed E-state index contributed by atoms with van der Waals surface area (Å²) in [5.41, 5.74) is 1.84. The van der Waals surface area contributed by atoms with E-state index in [9.17, 15) is 4.79 Å². The van der Waals surface area contributed by atoms with Crippen LogP contribution in [0.1, 0.15) is 17.7 Å². The van der Waals surface area contributed by atoms with E-state index in [2.05, 4.69) is 4.98 Å². The number of aryl methyl sites for hydroxylation is 1. The molecule has 0 aliphatic rings. The summed E-state index contributed by atoms with van der Waals surface area (Å²) >= 11 is 6.02. The molecule has 2 aromatic rings. The first-order valence-corrected chi connectivity index (χ1v) is 6.28. The van der Waals surface area contributed by atoms with Crippen LogP contribution in [-0.2, 0) is 17.6 Å². The van der Waals surface area contributed by atoms with Crippen molar-refractivity contribution < 1.29 is 4.79 Å². The molecular weight excluding hydrogens is 246 g/mol. The van der Waals surface area contributed by atoms with Crippen LogP contribution in [0.2, 0.25) is 5.02 Å². The van der Waals surface area contributed by atoms with Crippen molar-refractivity contribution in [3.05, 3.63) is 64.9 Å². The highest BCUT2D eigenvalue weighted by Gasteiger charge is 2.07. The Balaban J connectivity index is 1.88. The number of ketones is 1. The van der Waals surface area contributed by atoms with Crippen molar-refractivity contribution in [3.63, 3.8) is 0 Å². The summed E-state index contributed by atoms with van der Waals surface area (Å²) in [6, 6.07) is 13.2. The fourth-order valence-electron chi connectivity index (χ4n) is 1.76. The fourth-order valence-corrected chi connectivity index (χ4v) is 1.96. The van der Waals surface area contributed by atoms with E-state index in [1.807, 2.05) is 42.5 Å². The van der Waals surface area contributed by atoms with Gasteiger partial charge in [0, 0.05) is 29.8 Å². The van der Waals surface area contributed by atoms with Crippen molar-refractivity contribution in [2.75, 3.05) is 0 Å². The van der Waals surface area contributed by atoms with Crippen LogP contribution in [-0.4, -0.2) is 10.8 Å². The van der Waals surface area contributed by atoms with Crippen molar-refractivity contribution in [3.8, 4) is 0 Å². The normalized spacial score (nSPS) is 10.3. The lowest BCUT2D eigenvalue weighted by Gasteiger charge is -2.03. The molecule has 0 N–H and O–H groups in total. The molecule has 0 amide bonds. The summed E-state index contributed by atoms with van der Waals surface area (Å²) < 4.78 is 0. The third-order valence-electron chi connectivity index (χ3n) is 2.73. The summed E-state index contributed by atoms with van der Waals surface area (Å²) in [6.45, 7) is 0. The highest BCUT2D eigenvalue weighted by atomic mass is 35.5. The summed E-state index contributed by atoms with van der Waals surface area (Å²) in [5.74, 6) is 0.189. The number of hydrogen-bond acceptors (Lipinski definition) is 2. The molecule has 0 bridgehead atoms. The van der Waals surface area contributed by atoms with E-state index in [0.717, 1.165) is 11.3 Å². The van der Waals surface area contributed by atoms with Crippen molar-refractivity contribution in [1.82, 2.24) is 4.98 Å². The molecule has 0 fully saturated rings. The van der Waals surface area contributed by atoms with Crippen LogP contribution in [0, 0.1) is 0 Å². The third-order valence-corrected chi connectivity index (χ3v) is 3.10. The number of aromatic nitrogens is 1. The lowest BCUT2D eigenvalue weighted by molar-refractivity contribution is -0.118. The van der Waals surface area contributed by atoms with Crippen LogP contribution in [0.4, 0.5) is 0 Å². The van der Waals surface area contributed by atoms with Gasteiger partial charge in [-0.3, -0.25) is 9.78 Å². The van der Waals surface area contributed by atoms with E-state index >= 15 is 0 Å². The van der Waals surface area contributed by atoms with Crippen LogP contribution < -0.4 is 0 Å². The maximum atomic E-state index is 11.9. The zero-order valence-corrected chi connectivity index (χ0v) is 10.7. The first-order chi connectivity index (χ1) is 8.75. The molecule has 2 rings (SSSR count). The Kier molecular flexibility index (Phi) is 4.48. The second kappa shape index (κ2) is 6.31. The minimum absolute atomic E-state index is 0.189. The molecule has 0 spiro atoms. The van der Waals surface area contributed by atoms with E-state index in [-0.39, 0.29) is 5.78 Å². The number of halogens is 1. The van der Waals surface area contributed by atoms with E-state index in [1.54, 1.807) is 6.20 Å². The van der Waals surface area contributed by atoms with Crippen LogP contribution in [0.3, 0.4) is 0 Å². The zero-order valence-electron chi connectivity index (χ0n) is 9.97. The van der Waals surface area contributed by atoms with E-state index < -0.39 is 0 Å². The van der Waals surface area contributed by atoms with E-state index in [0.29, 0.717) is 24.3 Å². The number of nitrogens with zero attached hydrogens (tertiary/aromatic N) is 1. The average molecular weight is 260 g/mol. The second-order valence-corrected chi connectivity index (χ2v) is 4.54. The molecular formula is C15H14ClNO. The number of carbonyl (C=O) groups is 1. The molecule has 0 radical (unpaired) electrons. The minimum atomic E-state index is 0.189. The minimum Gasteiger partial charge on any atom is -0.299 e. The van der Waals surface area contributed by atoms with Crippen LogP contribution >= 0.6 is 11.6 Å². The number of hydrogen-bond donors (Lipinski definition) is 0. The molecule has 2 nitrogen and oxygen atoms in total. The number of Topliss-reactive ketones (excluding diaryl/α,β-unsaturated/α-hetero) is 1. The predicted octanol–water partition coefficient (Wildman–Crippen LogP) is 3.48. The van der Waals surface area contributed by atoms with Gasteiger partial charge in [-0.1, -0.05) is 35.9 Å². The molecule has 0 saturated carbocycles. The van der Waals surface area contributed by atoms with Gasteiger partial charge in [-0.2, -0.15) is 0 Å². The highest BCUT2D eigenvalue weighted by Crippen LogP contribution is 2.16. The lowest BCUT2D eigenvalue weighted by Crippen LogP contribution is -2.05. The smallest absolute Gasteiger partial charge is 0.137 e. The molecule has 1 aromatic carbocycles. The van der Waals surface area contributed by atoms with Gasteiger partial charge in [0.1, 0.15) is 5.78 Å². The standard InChI is InChI=1S/C15H14ClNO/c16-15-7-2-1-5-12(15)11-14(18)9-8-13-6-3-4-10-17-13/h1-7,10H,8-9,11H2. The summed E-state index contributed by atoms with van der Waals surface area (Å²) in [5, 5.41) is 0.656. The van der Waals surface area contributed by atoms with Crippen LogP contribution in [0.5, 0.6) is 0 Å².